The Bertz CT molecular complexity index is 375. The molecule has 1 aliphatic rings. The molecule has 2 N–H and O–H groups in total. The first-order valence-electron chi connectivity index (χ1n) is 6.11. The number of aryl methyl sites for hydroxylation is 1. The van der Waals surface area contributed by atoms with Crippen molar-refractivity contribution in [3.05, 3.63) is 23.0 Å². The van der Waals surface area contributed by atoms with E-state index >= 15 is 0 Å². The van der Waals surface area contributed by atoms with Gasteiger partial charge in [-0.05, 0) is 52.4 Å². The molecule has 0 spiro atoms. The van der Waals surface area contributed by atoms with Gasteiger partial charge in [-0.25, -0.2) is 0 Å². The lowest BCUT2D eigenvalue weighted by molar-refractivity contribution is 0.304. The number of likely N-dealkylation sites (N-methyl/N-ethyl adjacent to an activating group) is 1. The van der Waals surface area contributed by atoms with Gasteiger partial charge >= 0.3 is 0 Å². The second-order valence-electron chi connectivity index (χ2n) is 5.14. The molecule has 3 nitrogen and oxygen atoms in total. The molecule has 1 saturated carbocycles. The molecule has 1 aromatic rings. The van der Waals surface area contributed by atoms with Crippen molar-refractivity contribution in [1.29, 1.82) is 0 Å². The average molecular weight is 221 g/mol. The summed E-state index contributed by atoms with van der Waals surface area (Å²) in [7, 11) is 4.20. The minimum Gasteiger partial charge on any atom is -0.346 e. The van der Waals surface area contributed by atoms with Crippen molar-refractivity contribution < 1.29 is 0 Å². The van der Waals surface area contributed by atoms with E-state index in [1.807, 2.05) is 0 Å². The van der Waals surface area contributed by atoms with Crippen LogP contribution in [0.3, 0.4) is 0 Å². The summed E-state index contributed by atoms with van der Waals surface area (Å²) in [4.78, 5) is 2.21. The van der Waals surface area contributed by atoms with Crippen LogP contribution in [0.1, 0.15) is 41.9 Å². The summed E-state index contributed by atoms with van der Waals surface area (Å²) in [5.41, 5.74) is 10.1. The van der Waals surface area contributed by atoms with Crippen LogP contribution in [0.25, 0.3) is 0 Å². The van der Waals surface area contributed by atoms with E-state index in [0.717, 1.165) is 6.04 Å². The van der Waals surface area contributed by atoms with E-state index in [1.54, 1.807) is 0 Å². The summed E-state index contributed by atoms with van der Waals surface area (Å²) in [6, 6.07) is 3.42. The number of nitrogens with two attached hydrogens (primary N) is 1. The monoisotopic (exact) mass is 221 g/mol. The van der Waals surface area contributed by atoms with Crippen molar-refractivity contribution in [2.45, 2.75) is 38.8 Å². The SMILES string of the molecule is Cc1cc(C(CN)N(C)C)c(C)n1C1CC1. The fourth-order valence-electron chi connectivity index (χ4n) is 2.65. The fraction of sp³-hybridized carbons (Fsp3) is 0.692. The topological polar surface area (TPSA) is 34.2 Å². The van der Waals surface area contributed by atoms with Crippen LogP contribution in [0.15, 0.2) is 6.07 Å². The van der Waals surface area contributed by atoms with Crippen LogP contribution in [-0.4, -0.2) is 30.1 Å². The minimum absolute atomic E-state index is 0.346. The first-order chi connectivity index (χ1) is 7.56. The standard InChI is InChI=1S/C13H23N3/c1-9-7-12(13(8-14)15(3)4)10(2)16(9)11-5-6-11/h7,11,13H,5-6,8,14H2,1-4H3. The fourth-order valence-corrected chi connectivity index (χ4v) is 2.65. The molecule has 0 radical (unpaired) electrons. The molecule has 16 heavy (non-hydrogen) atoms. The predicted molar refractivity (Wildman–Crippen MR) is 67.7 cm³/mol. The Kier molecular flexibility index (Phi) is 3.08. The van der Waals surface area contributed by atoms with Crippen molar-refractivity contribution in [3.63, 3.8) is 0 Å². The Balaban J connectivity index is 2.37. The molecule has 0 bridgehead atoms. The van der Waals surface area contributed by atoms with E-state index in [0.29, 0.717) is 12.6 Å². The van der Waals surface area contributed by atoms with Crippen molar-refractivity contribution in [2.24, 2.45) is 5.73 Å². The van der Waals surface area contributed by atoms with Crippen LogP contribution in [0, 0.1) is 13.8 Å². The first kappa shape index (κ1) is 11.7. The van der Waals surface area contributed by atoms with Crippen LogP contribution in [0.4, 0.5) is 0 Å². The molecule has 0 aliphatic heterocycles. The third-order valence-corrected chi connectivity index (χ3v) is 3.64. The number of nitrogens with zero attached hydrogens (tertiary/aromatic N) is 2. The molecule has 0 amide bonds. The second kappa shape index (κ2) is 4.22. The second-order valence-corrected chi connectivity index (χ2v) is 5.14. The van der Waals surface area contributed by atoms with Crippen LogP contribution in [0.5, 0.6) is 0 Å². The zero-order valence-corrected chi connectivity index (χ0v) is 10.8. The van der Waals surface area contributed by atoms with E-state index in [9.17, 15) is 0 Å². The van der Waals surface area contributed by atoms with E-state index < -0.39 is 0 Å². The summed E-state index contributed by atoms with van der Waals surface area (Å²) < 4.78 is 2.49. The number of rotatable bonds is 4. The van der Waals surface area contributed by atoms with Crippen LogP contribution in [-0.2, 0) is 0 Å². The van der Waals surface area contributed by atoms with Crippen molar-refractivity contribution in [3.8, 4) is 0 Å². The lowest BCUT2D eigenvalue weighted by Crippen LogP contribution is -2.27. The molecule has 1 heterocycles. The summed E-state index contributed by atoms with van der Waals surface area (Å²) >= 11 is 0. The Morgan fingerprint density at radius 1 is 1.44 bits per heavy atom. The maximum absolute atomic E-state index is 5.87. The van der Waals surface area contributed by atoms with Gasteiger partial charge in [-0.3, -0.25) is 0 Å². The highest BCUT2D eigenvalue weighted by Crippen LogP contribution is 2.39. The Labute approximate surface area is 98.2 Å². The highest BCUT2D eigenvalue weighted by molar-refractivity contribution is 5.31. The summed E-state index contributed by atoms with van der Waals surface area (Å²) in [6.45, 7) is 5.12. The Morgan fingerprint density at radius 3 is 2.50 bits per heavy atom. The Morgan fingerprint density at radius 2 is 2.06 bits per heavy atom. The van der Waals surface area contributed by atoms with E-state index in [4.69, 9.17) is 5.73 Å². The van der Waals surface area contributed by atoms with Gasteiger partial charge in [0.1, 0.15) is 0 Å². The highest BCUT2D eigenvalue weighted by atomic mass is 15.1. The zero-order chi connectivity index (χ0) is 11.9. The van der Waals surface area contributed by atoms with Gasteiger partial charge in [0.05, 0.1) is 0 Å². The van der Waals surface area contributed by atoms with E-state index in [2.05, 4.69) is 43.5 Å². The lowest BCUT2D eigenvalue weighted by Gasteiger charge is -2.23. The average Bonchev–Trinajstić information content (AvgIpc) is 2.97. The van der Waals surface area contributed by atoms with Gasteiger partial charge in [-0.2, -0.15) is 0 Å². The van der Waals surface area contributed by atoms with Crippen molar-refractivity contribution in [1.82, 2.24) is 9.47 Å². The third-order valence-electron chi connectivity index (χ3n) is 3.64. The minimum atomic E-state index is 0.346. The quantitative estimate of drug-likeness (QED) is 0.844. The highest BCUT2D eigenvalue weighted by Gasteiger charge is 2.28. The normalized spacial score (nSPS) is 18.1. The van der Waals surface area contributed by atoms with E-state index in [-0.39, 0.29) is 0 Å². The van der Waals surface area contributed by atoms with Crippen LogP contribution in [0.2, 0.25) is 0 Å². The summed E-state index contributed by atoms with van der Waals surface area (Å²) in [5, 5.41) is 0. The zero-order valence-electron chi connectivity index (χ0n) is 10.8. The first-order valence-corrected chi connectivity index (χ1v) is 6.11. The molecule has 2 rings (SSSR count). The molecule has 1 unspecified atom stereocenters. The van der Waals surface area contributed by atoms with Gasteiger partial charge in [0.2, 0.25) is 0 Å². The molecule has 1 aliphatic carbocycles. The largest absolute Gasteiger partial charge is 0.346 e. The number of hydrogen-bond acceptors (Lipinski definition) is 2. The predicted octanol–water partition coefficient (Wildman–Crippen LogP) is 2.00. The van der Waals surface area contributed by atoms with Crippen LogP contribution >= 0.6 is 0 Å². The lowest BCUT2D eigenvalue weighted by atomic mass is 10.1. The number of hydrogen-bond donors (Lipinski definition) is 1. The maximum atomic E-state index is 5.87. The molecule has 0 aromatic carbocycles. The Hall–Kier alpha value is -0.800. The van der Waals surface area contributed by atoms with Crippen molar-refractivity contribution in [2.75, 3.05) is 20.6 Å². The molecule has 90 valence electrons. The molecule has 3 heteroatoms. The van der Waals surface area contributed by atoms with E-state index in [1.165, 1.54) is 29.8 Å². The maximum Gasteiger partial charge on any atom is 0.0482 e. The molecule has 0 saturated heterocycles. The molecule has 1 fully saturated rings. The summed E-state index contributed by atoms with van der Waals surface area (Å²) in [6.07, 6.45) is 2.68. The van der Waals surface area contributed by atoms with Gasteiger partial charge in [0.25, 0.3) is 0 Å². The van der Waals surface area contributed by atoms with Crippen LogP contribution < -0.4 is 5.73 Å². The molecular weight excluding hydrogens is 198 g/mol. The van der Waals surface area contributed by atoms with Gasteiger partial charge < -0.3 is 15.2 Å². The van der Waals surface area contributed by atoms with Crippen molar-refractivity contribution >= 4 is 0 Å². The van der Waals surface area contributed by atoms with Gasteiger partial charge in [0.15, 0.2) is 0 Å². The van der Waals surface area contributed by atoms with Gasteiger partial charge in [0, 0.05) is 30.0 Å². The molecular formula is C13H23N3. The third kappa shape index (κ3) is 1.89. The smallest absolute Gasteiger partial charge is 0.0482 e. The summed E-state index contributed by atoms with van der Waals surface area (Å²) in [5.74, 6) is 0. The molecule has 1 aromatic heterocycles. The number of aromatic nitrogens is 1. The van der Waals surface area contributed by atoms with Gasteiger partial charge in [-0.15, -0.1) is 0 Å². The molecule has 1 atom stereocenters. The van der Waals surface area contributed by atoms with Gasteiger partial charge in [-0.1, -0.05) is 0 Å².